The molecule has 0 bridgehead atoms. The molecule has 1 aromatic heterocycles. The molecule has 2 rings (SSSR count). The van der Waals surface area contributed by atoms with Gasteiger partial charge in [0, 0.05) is 13.2 Å². The maximum Gasteiger partial charge on any atom is 0.254 e. The maximum absolute atomic E-state index is 11.4. The van der Waals surface area contributed by atoms with Gasteiger partial charge in [0.15, 0.2) is 0 Å². The SMILES string of the molecule is CNC(=O)c1cnn(C2CCN(C)CC2)c1. The van der Waals surface area contributed by atoms with Crippen LogP contribution in [0.4, 0.5) is 0 Å². The predicted octanol–water partition coefficient (Wildman–Crippen LogP) is 0.509. The molecule has 0 atom stereocenters. The molecule has 2 heterocycles. The highest BCUT2D eigenvalue weighted by atomic mass is 16.1. The van der Waals surface area contributed by atoms with Gasteiger partial charge in [0.2, 0.25) is 0 Å². The summed E-state index contributed by atoms with van der Waals surface area (Å²) < 4.78 is 1.93. The van der Waals surface area contributed by atoms with Gasteiger partial charge in [-0.15, -0.1) is 0 Å². The van der Waals surface area contributed by atoms with E-state index < -0.39 is 0 Å². The minimum atomic E-state index is -0.0702. The molecule has 5 nitrogen and oxygen atoms in total. The van der Waals surface area contributed by atoms with Crippen molar-refractivity contribution in [2.45, 2.75) is 18.9 Å². The van der Waals surface area contributed by atoms with Crippen molar-refractivity contribution in [3.63, 3.8) is 0 Å². The second-order valence-electron chi connectivity index (χ2n) is 4.32. The monoisotopic (exact) mass is 222 g/mol. The van der Waals surface area contributed by atoms with Gasteiger partial charge in [0.05, 0.1) is 17.8 Å². The highest BCUT2D eigenvalue weighted by Crippen LogP contribution is 2.20. The van der Waals surface area contributed by atoms with Crippen molar-refractivity contribution in [1.82, 2.24) is 20.0 Å². The van der Waals surface area contributed by atoms with Crippen LogP contribution < -0.4 is 5.32 Å². The highest BCUT2D eigenvalue weighted by molar-refractivity contribution is 5.93. The molecule has 1 N–H and O–H groups in total. The van der Waals surface area contributed by atoms with Crippen molar-refractivity contribution in [1.29, 1.82) is 0 Å². The molecular weight excluding hydrogens is 204 g/mol. The Labute approximate surface area is 95.4 Å². The second kappa shape index (κ2) is 4.65. The third-order valence-electron chi connectivity index (χ3n) is 3.15. The molecule has 0 radical (unpaired) electrons. The zero-order chi connectivity index (χ0) is 11.5. The van der Waals surface area contributed by atoms with Crippen LogP contribution in [-0.4, -0.2) is 47.8 Å². The Kier molecular flexibility index (Phi) is 3.24. The summed E-state index contributed by atoms with van der Waals surface area (Å²) in [4.78, 5) is 13.7. The van der Waals surface area contributed by atoms with Crippen molar-refractivity contribution in [2.75, 3.05) is 27.2 Å². The number of hydrogen-bond donors (Lipinski definition) is 1. The van der Waals surface area contributed by atoms with E-state index in [2.05, 4.69) is 22.4 Å². The lowest BCUT2D eigenvalue weighted by molar-refractivity contribution is 0.0963. The van der Waals surface area contributed by atoms with Crippen LogP contribution in [0.15, 0.2) is 12.4 Å². The third kappa shape index (κ3) is 2.24. The van der Waals surface area contributed by atoms with Gasteiger partial charge in [-0.1, -0.05) is 0 Å². The molecule has 1 amide bonds. The van der Waals surface area contributed by atoms with Crippen LogP contribution in [-0.2, 0) is 0 Å². The van der Waals surface area contributed by atoms with E-state index in [-0.39, 0.29) is 5.91 Å². The van der Waals surface area contributed by atoms with E-state index in [4.69, 9.17) is 0 Å². The number of nitrogens with zero attached hydrogens (tertiary/aromatic N) is 3. The Balaban J connectivity index is 2.04. The number of amides is 1. The first kappa shape index (κ1) is 11.1. The zero-order valence-corrected chi connectivity index (χ0v) is 9.81. The molecule has 1 fully saturated rings. The van der Waals surface area contributed by atoms with Crippen LogP contribution in [0.3, 0.4) is 0 Å². The third-order valence-corrected chi connectivity index (χ3v) is 3.15. The highest BCUT2D eigenvalue weighted by Gasteiger charge is 2.19. The van der Waals surface area contributed by atoms with E-state index in [1.165, 1.54) is 0 Å². The molecule has 88 valence electrons. The van der Waals surface area contributed by atoms with Crippen LogP contribution in [0.2, 0.25) is 0 Å². The van der Waals surface area contributed by atoms with E-state index in [1.54, 1.807) is 13.2 Å². The maximum atomic E-state index is 11.4. The van der Waals surface area contributed by atoms with Gasteiger partial charge in [-0.05, 0) is 33.0 Å². The van der Waals surface area contributed by atoms with Crippen LogP contribution >= 0.6 is 0 Å². The lowest BCUT2D eigenvalue weighted by Gasteiger charge is -2.28. The number of hydrogen-bond acceptors (Lipinski definition) is 3. The summed E-state index contributed by atoms with van der Waals surface area (Å²) in [6.07, 6.45) is 5.68. The number of aromatic nitrogens is 2. The van der Waals surface area contributed by atoms with Gasteiger partial charge in [0.1, 0.15) is 0 Å². The van der Waals surface area contributed by atoms with Crippen molar-refractivity contribution < 1.29 is 4.79 Å². The number of rotatable bonds is 2. The molecule has 0 aromatic carbocycles. The van der Waals surface area contributed by atoms with Gasteiger partial charge in [-0.25, -0.2) is 0 Å². The fraction of sp³-hybridized carbons (Fsp3) is 0.636. The fourth-order valence-corrected chi connectivity index (χ4v) is 2.06. The Bertz CT molecular complexity index is 366. The van der Waals surface area contributed by atoms with E-state index in [0.717, 1.165) is 25.9 Å². The van der Waals surface area contributed by atoms with Crippen LogP contribution in [0.1, 0.15) is 29.2 Å². The lowest BCUT2D eigenvalue weighted by Crippen LogP contribution is -2.31. The Morgan fingerprint density at radius 1 is 1.50 bits per heavy atom. The number of piperidine rings is 1. The first-order chi connectivity index (χ1) is 7.70. The lowest BCUT2D eigenvalue weighted by atomic mass is 10.1. The van der Waals surface area contributed by atoms with Crippen molar-refractivity contribution in [2.24, 2.45) is 0 Å². The summed E-state index contributed by atoms with van der Waals surface area (Å²) in [5, 5.41) is 6.88. The summed E-state index contributed by atoms with van der Waals surface area (Å²) in [7, 11) is 3.77. The largest absolute Gasteiger partial charge is 0.355 e. The van der Waals surface area contributed by atoms with Crippen molar-refractivity contribution in [3.8, 4) is 0 Å². The quantitative estimate of drug-likeness (QED) is 0.793. The van der Waals surface area contributed by atoms with Crippen LogP contribution in [0, 0.1) is 0 Å². The molecule has 0 spiro atoms. The van der Waals surface area contributed by atoms with E-state index in [0.29, 0.717) is 11.6 Å². The summed E-state index contributed by atoms with van der Waals surface area (Å²) in [5.41, 5.74) is 0.640. The van der Waals surface area contributed by atoms with Crippen molar-refractivity contribution >= 4 is 5.91 Å². The summed E-state index contributed by atoms with van der Waals surface area (Å²) in [5.74, 6) is -0.0702. The second-order valence-corrected chi connectivity index (χ2v) is 4.32. The molecule has 0 unspecified atom stereocenters. The Morgan fingerprint density at radius 3 is 2.81 bits per heavy atom. The van der Waals surface area contributed by atoms with Gasteiger partial charge < -0.3 is 10.2 Å². The molecule has 1 saturated heterocycles. The average molecular weight is 222 g/mol. The Hall–Kier alpha value is -1.36. The summed E-state index contributed by atoms with van der Waals surface area (Å²) in [6.45, 7) is 2.19. The Morgan fingerprint density at radius 2 is 2.19 bits per heavy atom. The molecule has 1 aliphatic rings. The molecule has 0 saturated carbocycles. The fourth-order valence-electron chi connectivity index (χ4n) is 2.06. The number of likely N-dealkylation sites (tertiary alicyclic amines) is 1. The zero-order valence-electron chi connectivity index (χ0n) is 9.81. The smallest absolute Gasteiger partial charge is 0.254 e. The molecule has 0 aliphatic carbocycles. The minimum absolute atomic E-state index is 0.0702. The molecule has 1 aromatic rings. The summed E-state index contributed by atoms with van der Waals surface area (Å²) >= 11 is 0. The first-order valence-electron chi connectivity index (χ1n) is 5.65. The van der Waals surface area contributed by atoms with E-state index in [1.807, 2.05) is 10.9 Å². The molecule has 1 aliphatic heterocycles. The minimum Gasteiger partial charge on any atom is -0.355 e. The van der Waals surface area contributed by atoms with Gasteiger partial charge in [0.25, 0.3) is 5.91 Å². The standard InChI is InChI=1S/C11H18N4O/c1-12-11(16)9-7-13-15(8-9)10-3-5-14(2)6-4-10/h7-8,10H,3-6H2,1-2H3,(H,12,16). The number of carbonyl (C=O) groups is 1. The number of nitrogens with one attached hydrogen (secondary N) is 1. The first-order valence-corrected chi connectivity index (χ1v) is 5.65. The predicted molar refractivity (Wildman–Crippen MR) is 61.4 cm³/mol. The summed E-state index contributed by atoms with van der Waals surface area (Å²) in [6, 6.07) is 0.439. The van der Waals surface area contributed by atoms with Gasteiger partial charge >= 0.3 is 0 Å². The molecule has 16 heavy (non-hydrogen) atoms. The van der Waals surface area contributed by atoms with Crippen LogP contribution in [0.25, 0.3) is 0 Å². The molecule has 5 heteroatoms. The normalized spacial score (nSPS) is 18.6. The van der Waals surface area contributed by atoms with Gasteiger partial charge in [-0.3, -0.25) is 9.48 Å². The van der Waals surface area contributed by atoms with Crippen LogP contribution in [0.5, 0.6) is 0 Å². The van der Waals surface area contributed by atoms with Crippen molar-refractivity contribution in [3.05, 3.63) is 18.0 Å². The topological polar surface area (TPSA) is 50.2 Å². The number of carbonyl (C=O) groups excluding carboxylic acids is 1. The van der Waals surface area contributed by atoms with E-state index >= 15 is 0 Å². The average Bonchev–Trinajstić information content (AvgIpc) is 2.78. The van der Waals surface area contributed by atoms with Gasteiger partial charge in [-0.2, -0.15) is 5.10 Å². The molecular formula is C11H18N4O. The van der Waals surface area contributed by atoms with E-state index in [9.17, 15) is 4.79 Å².